The molecule has 3 aliphatic rings. The van der Waals surface area contributed by atoms with Crippen molar-refractivity contribution in [3.8, 4) is 0 Å². The molecule has 0 fully saturated rings. The molecule has 0 radical (unpaired) electrons. The van der Waals surface area contributed by atoms with Crippen LogP contribution in [-0.4, -0.2) is 11.9 Å². The van der Waals surface area contributed by atoms with Crippen LogP contribution in [-0.2, 0) is 44.4 Å². The first kappa shape index (κ1) is 39.9. The number of carbonyl (C=O) groups excluding carboxylic acids is 2. The van der Waals surface area contributed by atoms with Crippen LogP contribution >= 0.6 is 0 Å². The zero-order valence-electron chi connectivity index (χ0n) is 34.6. The predicted molar refractivity (Wildman–Crippen MR) is 236 cm³/mol. The number of hydrogen-bond acceptors (Lipinski definition) is 4. The summed E-state index contributed by atoms with van der Waals surface area (Å²) in [6.07, 6.45) is 7.33. The van der Waals surface area contributed by atoms with Gasteiger partial charge in [0.2, 0.25) is 0 Å². The fourth-order valence-electron chi connectivity index (χ4n) is 10.9. The molecule has 3 aliphatic carbocycles. The van der Waals surface area contributed by atoms with Crippen molar-refractivity contribution in [1.82, 2.24) is 0 Å². The molecule has 2 unspecified atom stereocenters. The van der Waals surface area contributed by atoms with E-state index in [2.05, 4.69) is 12.2 Å². The van der Waals surface area contributed by atoms with E-state index in [1.54, 1.807) is 5.57 Å². The van der Waals surface area contributed by atoms with Gasteiger partial charge in [0, 0.05) is 0 Å². The number of rotatable bonds is 11. The van der Waals surface area contributed by atoms with E-state index in [1.165, 1.54) is 29.6 Å². The number of carbonyl (C=O) groups is 2. The van der Waals surface area contributed by atoms with Crippen LogP contribution in [0, 0.1) is 5.92 Å². The molecule has 0 aromatic heterocycles. The summed E-state index contributed by atoms with van der Waals surface area (Å²) >= 11 is -4.75. The van der Waals surface area contributed by atoms with E-state index < -0.39 is 40.1 Å². The van der Waals surface area contributed by atoms with Gasteiger partial charge in [-0.2, -0.15) is 0 Å². The van der Waals surface area contributed by atoms with Gasteiger partial charge >= 0.3 is 361 Å². The van der Waals surface area contributed by atoms with Crippen LogP contribution < -0.4 is 0 Å². The third-order valence-corrected chi connectivity index (χ3v) is 18.3. The monoisotopic (exact) mass is 824 g/mol. The number of benzene rings is 6. The third-order valence-electron chi connectivity index (χ3n) is 13.6. The zero-order valence-corrected chi connectivity index (χ0v) is 36.1. The van der Waals surface area contributed by atoms with Crippen molar-refractivity contribution in [2.75, 3.05) is 0 Å². The number of fused-ring (bicyclic) bond motifs is 1. The molecule has 0 bridgehead atoms. The van der Waals surface area contributed by atoms with Gasteiger partial charge in [-0.3, -0.25) is 0 Å². The van der Waals surface area contributed by atoms with Gasteiger partial charge in [-0.1, -0.05) is 0 Å². The van der Waals surface area contributed by atoms with E-state index in [4.69, 9.17) is 6.64 Å². The summed E-state index contributed by atoms with van der Waals surface area (Å²) in [4.78, 5) is 32.4. The molecule has 0 spiro atoms. The summed E-state index contributed by atoms with van der Waals surface area (Å²) in [5, 5.41) is 2.05. The molecule has 4 nitrogen and oxygen atoms in total. The van der Waals surface area contributed by atoms with Gasteiger partial charge < -0.3 is 0 Å². The van der Waals surface area contributed by atoms with Gasteiger partial charge in [-0.15, -0.1) is 0 Å². The van der Waals surface area contributed by atoms with Crippen LogP contribution in [0.25, 0.3) is 0 Å². The first-order valence-corrected chi connectivity index (χ1v) is 25.4. The molecule has 2 atom stereocenters. The maximum atomic E-state index is 16.2. The Bertz CT molecular complexity index is 2180. The summed E-state index contributed by atoms with van der Waals surface area (Å²) in [5.41, 5.74) is 7.95. The zero-order chi connectivity index (χ0) is 41.2. The molecule has 0 saturated heterocycles. The Labute approximate surface area is 359 Å². The van der Waals surface area contributed by atoms with Gasteiger partial charge in [0.25, 0.3) is 0 Å². The van der Waals surface area contributed by atoms with Crippen LogP contribution in [0.3, 0.4) is 0 Å². The quantitative estimate of drug-likeness (QED) is 0.0965. The summed E-state index contributed by atoms with van der Waals surface area (Å²) < 4.78 is 14.7. The van der Waals surface area contributed by atoms with Crippen LogP contribution in [0.5, 0.6) is 0 Å². The average Bonchev–Trinajstić information content (AvgIpc) is 3.60. The second-order valence-electron chi connectivity index (χ2n) is 16.8. The molecule has 0 heterocycles. The molecule has 0 aliphatic heterocycles. The van der Waals surface area contributed by atoms with Crippen molar-refractivity contribution in [2.45, 2.75) is 72.2 Å². The number of allylic oxidation sites excluding steroid dienone is 4. The molecule has 0 amide bonds. The minimum absolute atomic E-state index is 0.192. The standard InChI is InChI=1S/2C20H16O2.C14H19.CH3.Ti/c2*21-19(22)20(16-10-4-1-5-11-16,17-12-6-2-7-13-17)18-14-8-3-9-15-18;1-10-11-6-2-4-8-13(11)14-9-5-3-7-12(10)14;;/h2*1-15H,(H,21,22);6,10H,2-5,7-9H2,1H3;1H3;/q;;;;+2/p-2. The summed E-state index contributed by atoms with van der Waals surface area (Å²) in [5.74, 6) is -0.614. The first-order valence-electron chi connectivity index (χ1n) is 21.6. The minimum atomic E-state index is -4.75. The average molecular weight is 825 g/mol. The second-order valence-corrected chi connectivity index (χ2v) is 21.7. The molecule has 5 heteroatoms. The molecule has 0 saturated carbocycles. The summed E-state index contributed by atoms with van der Waals surface area (Å²) in [6.45, 7) is 2.35. The van der Waals surface area contributed by atoms with E-state index >= 15 is 9.59 Å². The third kappa shape index (κ3) is 6.75. The van der Waals surface area contributed by atoms with E-state index in [9.17, 15) is 0 Å². The topological polar surface area (TPSA) is 52.6 Å². The van der Waals surface area contributed by atoms with Crippen molar-refractivity contribution in [2.24, 2.45) is 5.92 Å². The van der Waals surface area contributed by atoms with Crippen molar-refractivity contribution in [1.29, 1.82) is 0 Å². The molecule has 6 aromatic rings. The Balaban J connectivity index is 1.27. The maximum absolute atomic E-state index is 16.2. The van der Waals surface area contributed by atoms with Crippen LogP contribution in [0.2, 0.25) is 9.45 Å². The molecular formula is C55H52O4Ti. The van der Waals surface area contributed by atoms with Crippen LogP contribution in [0.1, 0.15) is 85.3 Å². The van der Waals surface area contributed by atoms with Gasteiger partial charge in [-0.05, 0) is 0 Å². The molecule has 0 N–H and O–H groups in total. The SMILES string of the molecule is CC1C2=C(CCCC2)C2=C1[CH]([Ti]([CH3])([O]C(=O)C(c1ccccc1)(c1ccccc1)c1ccccc1)[O]C(=O)C(c1ccccc1)(c1ccccc1)c1ccccc1)CCC2. The van der Waals surface area contributed by atoms with Crippen LogP contribution in [0.15, 0.2) is 204 Å². The van der Waals surface area contributed by atoms with Gasteiger partial charge in [0.15, 0.2) is 0 Å². The Kier molecular flexibility index (Phi) is 11.2. The molecule has 60 heavy (non-hydrogen) atoms. The Morgan fingerprint density at radius 2 is 0.783 bits per heavy atom. The van der Waals surface area contributed by atoms with Crippen LogP contribution in [0.4, 0.5) is 0 Å². The summed E-state index contributed by atoms with van der Waals surface area (Å²) in [7, 11) is 0. The van der Waals surface area contributed by atoms with Crippen molar-refractivity contribution in [3.05, 3.63) is 238 Å². The number of hydrogen-bond donors (Lipinski definition) is 0. The Morgan fingerprint density at radius 1 is 0.467 bits per heavy atom. The molecule has 6 aromatic carbocycles. The summed E-state index contributed by atoms with van der Waals surface area (Å²) in [6, 6.07) is 59.8. The van der Waals surface area contributed by atoms with Crippen molar-refractivity contribution in [3.63, 3.8) is 0 Å². The first-order chi connectivity index (χ1) is 29.4. The van der Waals surface area contributed by atoms with E-state index in [1.807, 2.05) is 182 Å². The van der Waals surface area contributed by atoms with Gasteiger partial charge in [0.05, 0.1) is 0 Å². The fourth-order valence-corrected chi connectivity index (χ4v) is 15.7. The van der Waals surface area contributed by atoms with Crippen molar-refractivity contribution >= 4 is 11.9 Å². The Hall–Kier alpha value is -5.55. The Morgan fingerprint density at radius 3 is 1.13 bits per heavy atom. The molecule has 300 valence electrons. The normalized spacial score (nSPS) is 18.0. The van der Waals surface area contributed by atoms with E-state index in [0.29, 0.717) is 0 Å². The molecule has 9 rings (SSSR count). The van der Waals surface area contributed by atoms with E-state index in [0.717, 1.165) is 65.5 Å². The van der Waals surface area contributed by atoms with Gasteiger partial charge in [0.1, 0.15) is 0 Å². The van der Waals surface area contributed by atoms with Gasteiger partial charge in [-0.25, -0.2) is 0 Å². The van der Waals surface area contributed by atoms with E-state index in [-0.39, 0.29) is 10.1 Å². The second kappa shape index (κ2) is 16.8. The predicted octanol–water partition coefficient (Wildman–Crippen LogP) is 13.0. The van der Waals surface area contributed by atoms with Crippen molar-refractivity contribution < 1.29 is 33.6 Å². The fraction of sp³-hybridized carbons (Fsp3) is 0.236. The molecular weight excluding hydrogens is 772 g/mol.